The number of amides is 1. The lowest BCUT2D eigenvalue weighted by atomic mass is 10.1. The second kappa shape index (κ2) is 10.7. The highest BCUT2D eigenvalue weighted by Gasteiger charge is 2.15. The highest BCUT2D eigenvalue weighted by atomic mass is 16.5. The molecule has 1 N–H and O–H groups in total. The maximum Gasteiger partial charge on any atom is 0.336 e. The summed E-state index contributed by atoms with van der Waals surface area (Å²) in [5.74, 6) is 1.45. The van der Waals surface area contributed by atoms with Gasteiger partial charge < -0.3 is 14.8 Å². The topological polar surface area (TPSA) is 78.3 Å². The van der Waals surface area contributed by atoms with E-state index in [1.54, 1.807) is 11.8 Å². The van der Waals surface area contributed by atoms with Gasteiger partial charge in [-0.15, -0.1) is 5.10 Å². The Morgan fingerprint density at radius 1 is 1.03 bits per heavy atom. The minimum atomic E-state index is -0.0444. The van der Waals surface area contributed by atoms with Gasteiger partial charge in [-0.1, -0.05) is 55.0 Å². The van der Waals surface area contributed by atoms with Gasteiger partial charge in [-0.2, -0.15) is 4.98 Å². The standard InChI is InChI=1S/C27H28N4O3/c1-4-25(32)28-22-6-5-7-23(18-22)31-26(21-12-8-19(2)9-13-21)29-27(30-31)34-17-16-20-10-14-24(33-3)15-11-20/h5-15,18H,4,16-17H2,1-3H3,(H,28,32). The van der Waals surface area contributed by atoms with E-state index in [0.717, 1.165) is 34.5 Å². The van der Waals surface area contributed by atoms with Gasteiger partial charge in [-0.25, -0.2) is 4.68 Å². The zero-order valence-corrected chi connectivity index (χ0v) is 19.6. The van der Waals surface area contributed by atoms with Crippen LogP contribution in [0.3, 0.4) is 0 Å². The van der Waals surface area contributed by atoms with E-state index in [1.807, 2.05) is 86.6 Å². The Labute approximate surface area is 199 Å². The Morgan fingerprint density at radius 3 is 2.50 bits per heavy atom. The number of ether oxygens (including phenoxy) is 2. The van der Waals surface area contributed by atoms with E-state index in [2.05, 4.69) is 15.4 Å². The van der Waals surface area contributed by atoms with Crippen LogP contribution in [0.5, 0.6) is 11.8 Å². The molecular formula is C27H28N4O3. The van der Waals surface area contributed by atoms with Crippen molar-refractivity contribution in [3.8, 4) is 28.8 Å². The first-order valence-corrected chi connectivity index (χ1v) is 11.3. The molecule has 0 aliphatic carbocycles. The molecule has 174 valence electrons. The third kappa shape index (κ3) is 5.61. The van der Waals surface area contributed by atoms with Crippen molar-refractivity contribution in [1.29, 1.82) is 0 Å². The number of benzene rings is 3. The first kappa shape index (κ1) is 23.0. The Morgan fingerprint density at radius 2 is 1.79 bits per heavy atom. The quantitative estimate of drug-likeness (QED) is 0.374. The summed E-state index contributed by atoms with van der Waals surface area (Å²) in [5.41, 5.74) is 4.71. The van der Waals surface area contributed by atoms with Crippen molar-refractivity contribution in [3.63, 3.8) is 0 Å². The molecule has 0 fully saturated rings. The van der Waals surface area contributed by atoms with Crippen LogP contribution in [0.2, 0.25) is 0 Å². The predicted molar refractivity (Wildman–Crippen MR) is 133 cm³/mol. The number of rotatable bonds is 9. The third-order valence-electron chi connectivity index (χ3n) is 5.37. The molecule has 7 nitrogen and oxygen atoms in total. The van der Waals surface area contributed by atoms with Crippen LogP contribution in [-0.2, 0) is 11.2 Å². The fraction of sp³-hybridized carbons (Fsp3) is 0.222. The Bertz CT molecular complexity index is 1250. The van der Waals surface area contributed by atoms with E-state index in [-0.39, 0.29) is 5.91 Å². The van der Waals surface area contributed by atoms with Crippen LogP contribution in [0.1, 0.15) is 24.5 Å². The molecule has 7 heteroatoms. The number of aryl methyl sites for hydroxylation is 1. The summed E-state index contributed by atoms with van der Waals surface area (Å²) in [6.07, 6.45) is 1.13. The van der Waals surface area contributed by atoms with E-state index >= 15 is 0 Å². The molecule has 3 aromatic carbocycles. The maximum atomic E-state index is 11.9. The summed E-state index contributed by atoms with van der Waals surface area (Å²) >= 11 is 0. The second-order valence-electron chi connectivity index (χ2n) is 7.89. The monoisotopic (exact) mass is 456 g/mol. The number of aromatic nitrogens is 3. The lowest BCUT2D eigenvalue weighted by Gasteiger charge is -2.09. The van der Waals surface area contributed by atoms with E-state index in [4.69, 9.17) is 9.47 Å². The molecule has 0 saturated heterocycles. The summed E-state index contributed by atoms with van der Waals surface area (Å²) in [6.45, 7) is 4.31. The highest BCUT2D eigenvalue weighted by Crippen LogP contribution is 2.25. The average molecular weight is 457 g/mol. The molecule has 0 aliphatic heterocycles. The number of nitrogens with one attached hydrogen (secondary N) is 1. The van der Waals surface area contributed by atoms with Crippen LogP contribution in [-0.4, -0.2) is 34.4 Å². The lowest BCUT2D eigenvalue weighted by Crippen LogP contribution is -2.10. The Balaban J connectivity index is 1.59. The smallest absolute Gasteiger partial charge is 0.336 e. The van der Waals surface area contributed by atoms with Crippen molar-refractivity contribution >= 4 is 11.6 Å². The molecule has 0 bridgehead atoms. The van der Waals surface area contributed by atoms with E-state index in [1.165, 1.54) is 0 Å². The molecule has 4 aromatic rings. The molecule has 0 spiro atoms. The van der Waals surface area contributed by atoms with Gasteiger partial charge in [0.15, 0.2) is 5.82 Å². The molecule has 34 heavy (non-hydrogen) atoms. The number of carbonyl (C=O) groups is 1. The fourth-order valence-corrected chi connectivity index (χ4v) is 3.44. The van der Waals surface area contributed by atoms with Gasteiger partial charge in [0.1, 0.15) is 5.75 Å². The normalized spacial score (nSPS) is 10.7. The molecule has 1 amide bonds. The summed E-state index contributed by atoms with van der Waals surface area (Å²) in [6, 6.07) is 23.8. The molecule has 0 unspecified atom stereocenters. The highest BCUT2D eigenvalue weighted by molar-refractivity contribution is 5.90. The van der Waals surface area contributed by atoms with Crippen LogP contribution in [0, 0.1) is 6.92 Å². The number of hydrogen-bond donors (Lipinski definition) is 1. The summed E-state index contributed by atoms with van der Waals surface area (Å²) in [4.78, 5) is 16.5. The number of anilines is 1. The van der Waals surface area contributed by atoms with Crippen LogP contribution >= 0.6 is 0 Å². The van der Waals surface area contributed by atoms with Crippen molar-refractivity contribution in [1.82, 2.24) is 14.8 Å². The summed E-state index contributed by atoms with van der Waals surface area (Å²) < 4.78 is 12.9. The molecule has 0 radical (unpaired) electrons. The van der Waals surface area contributed by atoms with Crippen molar-refractivity contribution in [2.75, 3.05) is 19.0 Å². The van der Waals surface area contributed by atoms with Crippen LogP contribution in [0.15, 0.2) is 72.8 Å². The lowest BCUT2D eigenvalue weighted by molar-refractivity contribution is -0.115. The SMILES string of the molecule is CCC(=O)Nc1cccc(-n2nc(OCCc3ccc(OC)cc3)nc2-c2ccc(C)cc2)c1. The zero-order chi connectivity index (χ0) is 23.9. The first-order valence-electron chi connectivity index (χ1n) is 11.3. The van der Waals surface area contributed by atoms with E-state index in [0.29, 0.717) is 30.5 Å². The molecule has 4 rings (SSSR count). The molecule has 0 aliphatic rings. The summed E-state index contributed by atoms with van der Waals surface area (Å²) in [5, 5.41) is 7.52. The van der Waals surface area contributed by atoms with Gasteiger partial charge in [0.2, 0.25) is 5.91 Å². The minimum absolute atomic E-state index is 0.0444. The second-order valence-corrected chi connectivity index (χ2v) is 7.89. The third-order valence-corrected chi connectivity index (χ3v) is 5.37. The van der Waals surface area contributed by atoms with Gasteiger partial charge in [0.05, 0.1) is 19.4 Å². The molecule has 0 saturated carbocycles. The predicted octanol–water partition coefficient (Wildman–Crippen LogP) is 5.22. The van der Waals surface area contributed by atoms with Gasteiger partial charge in [0.25, 0.3) is 0 Å². The first-order chi connectivity index (χ1) is 16.6. The largest absolute Gasteiger partial charge is 0.497 e. The van der Waals surface area contributed by atoms with Crippen molar-refractivity contribution < 1.29 is 14.3 Å². The number of carbonyl (C=O) groups excluding carboxylic acids is 1. The number of nitrogens with zero attached hydrogens (tertiary/aromatic N) is 3. The van der Waals surface area contributed by atoms with Crippen LogP contribution in [0.25, 0.3) is 17.1 Å². The molecule has 1 heterocycles. The summed E-state index contributed by atoms with van der Waals surface area (Å²) in [7, 11) is 1.65. The Kier molecular flexibility index (Phi) is 7.22. The fourth-order valence-electron chi connectivity index (χ4n) is 3.44. The van der Waals surface area contributed by atoms with Crippen molar-refractivity contribution in [3.05, 3.63) is 83.9 Å². The number of hydrogen-bond acceptors (Lipinski definition) is 5. The van der Waals surface area contributed by atoms with Crippen molar-refractivity contribution in [2.45, 2.75) is 26.7 Å². The van der Waals surface area contributed by atoms with Crippen molar-refractivity contribution in [2.24, 2.45) is 0 Å². The molecular weight excluding hydrogens is 428 g/mol. The minimum Gasteiger partial charge on any atom is -0.497 e. The zero-order valence-electron chi connectivity index (χ0n) is 19.6. The van der Waals surface area contributed by atoms with E-state index in [9.17, 15) is 4.79 Å². The average Bonchev–Trinajstić information content (AvgIpc) is 3.29. The van der Waals surface area contributed by atoms with Gasteiger partial charge in [0, 0.05) is 24.1 Å². The maximum absolute atomic E-state index is 11.9. The molecule has 1 aromatic heterocycles. The number of methoxy groups -OCH3 is 1. The van der Waals surface area contributed by atoms with Gasteiger partial charge >= 0.3 is 6.01 Å². The van der Waals surface area contributed by atoms with Crippen LogP contribution in [0.4, 0.5) is 5.69 Å². The van der Waals surface area contributed by atoms with Gasteiger partial charge in [-0.05, 0) is 42.8 Å². The Hall–Kier alpha value is -4.13. The van der Waals surface area contributed by atoms with Crippen LogP contribution < -0.4 is 14.8 Å². The van der Waals surface area contributed by atoms with Gasteiger partial charge in [-0.3, -0.25) is 4.79 Å². The molecule has 0 atom stereocenters. The van der Waals surface area contributed by atoms with E-state index < -0.39 is 0 Å².